The Morgan fingerprint density at radius 1 is 1.09 bits per heavy atom. The number of halogens is 1. The molecule has 1 N–H and O–H groups in total. The van der Waals surface area contributed by atoms with Crippen LogP contribution in [0.25, 0.3) is 22.2 Å². The quantitative estimate of drug-likeness (QED) is 0.580. The van der Waals surface area contributed by atoms with Crippen LogP contribution in [0.15, 0.2) is 50.0 Å². The molecule has 0 radical (unpaired) electrons. The third kappa shape index (κ3) is 4.54. The van der Waals surface area contributed by atoms with E-state index in [4.69, 9.17) is 11.6 Å². The maximum Gasteiger partial charge on any atom is 0.248 e. The summed E-state index contributed by atoms with van der Waals surface area (Å²) in [5.41, 5.74) is 2.55. The van der Waals surface area contributed by atoms with Gasteiger partial charge in [0.15, 0.2) is 5.82 Å². The van der Waals surface area contributed by atoms with E-state index < -0.39 is 0 Å². The minimum atomic E-state index is -0.379. The van der Waals surface area contributed by atoms with E-state index in [2.05, 4.69) is 43.3 Å². The summed E-state index contributed by atoms with van der Waals surface area (Å²) >= 11 is 6.68. The fourth-order valence-electron chi connectivity index (χ4n) is 3.71. The van der Waals surface area contributed by atoms with Gasteiger partial charge in [-0.25, -0.2) is 15.0 Å². The smallest absolute Gasteiger partial charge is 0.248 e. The number of hydrogen-bond donors (Lipinski definition) is 1. The molecule has 0 unspecified atom stereocenters. The van der Waals surface area contributed by atoms with Crippen molar-refractivity contribution in [3.8, 4) is 11.3 Å². The van der Waals surface area contributed by atoms with Gasteiger partial charge < -0.3 is 15.1 Å². The number of nitrogens with zero attached hydrogens (tertiary/aromatic N) is 6. The van der Waals surface area contributed by atoms with Gasteiger partial charge in [0.25, 0.3) is 0 Å². The zero-order valence-electron chi connectivity index (χ0n) is 18.1. The molecule has 2 aromatic heterocycles. The van der Waals surface area contributed by atoms with Gasteiger partial charge >= 0.3 is 0 Å². The van der Waals surface area contributed by atoms with E-state index in [1.165, 1.54) is 18.6 Å². The van der Waals surface area contributed by atoms with Crippen LogP contribution >= 0.6 is 11.6 Å². The number of benzene rings is 1. The number of carbonyl (C=O) groups excluding carboxylic acids is 2. The lowest BCUT2D eigenvalue weighted by Crippen LogP contribution is -2.48. The van der Waals surface area contributed by atoms with Crippen molar-refractivity contribution in [1.29, 1.82) is 0 Å². The van der Waals surface area contributed by atoms with Crippen LogP contribution in [0.1, 0.15) is 5.69 Å². The fourth-order valence-corrected chi connectivity index (χ4v) is 3.96. The van der Waals surface area contributed by atoms with Gasteiger partial charge in [0.1, 0.15) is 12.1 Å². The summed E-state index contributed by atoms with van der Waals surface area (Å²) in [6.45, 7) is 11.3. The number of aryl methyl sites for hydroxylation is 1. The largest absolute Gasteiger partial charge is 0.352 e. The normalized spacial score (nSPS) is 13.6. The van der Waals surface area contributed by atoms with E-state index in [1.54, 1.807) is 4.90 Å². The van der Waals surface area contributed by atoms with Crippen molar-refractivity contribution >= 4 is 46.0 Å². The van der Waals surface area contributed by atoms with Crippen molar-refractivity contribution in [2.45, 2.75) is 6.92 Å². The zero-order chi connectivity index (χ0) is 23.5. The summed E-state index contributed by atoms with van der Waals surface area (Å²) in [6, 6.07) is 3.66. The molecule has 3 aromatic rings. The molecular weight excluding hydrogens is 442 g/mol. The summed E-state index contributed by atoms with van der Waals surface area (Å²) in [5, 5.41) is 3.88. The number of nitrogens with one attached hydrogen (secondary N) is 1. The van der Waals surface area contributed by atoms with Gasteiger partial charge in [-0.05, 0) is 31.2 Å². The van der Waals surface area contributed by atoms with Crippen LogP contribution in [0.3, 0.4) is 0 Å². The predicted octanol–water partition coefficient (Wildman–Crippen LogP) is 3.01. The molecular formula is C23H22ClN7O2. The topological polar surface area (TPSA) is 104 Å². The highest BCUT2D eigenvalue weighted by Crippen LogP contribution is 2.35. The van der Waals surface area contributed by atoms with E-state index in [-0.39, 0.29) is 11.8 Å². The van der Waals surface area contributed by atoms with Crippen molar-refractivity contribution in [3.63, 3.8) is 0 Å². The summed E-state index contributed by atoms with van der Waals surface area (Å²) in [6.07, 6.45) is 5.48. The molecule has 33 heavy (non-hydrogen) atoms. The van der Waals surface area contributed by atoms with E-state index in [0.717, 1.165) is 17.3 Å². The van der Waals surface area contributed by atoms with Crippen LogP contribution in [0.5, 0.6) is 0 Å². The Morgan fingerprint density at radius 3 is 2.55 bits per heavy atom. The molecule has 4 rings (SSSR count). The summed E-state index contributed by atoms with van der Waals surface area (Å²) in [5.74, 6) is 0.606. The van der Waals surface area contributed by atoms with E-state index >= 15 is 0 Å². The van der Waals surface area contributed by atoms with Crippen molar-refractivity contribution in [2.75, 3.05) is 36.4 Å². The van der Waals surface area contributed by atoms with Crippen LogP contribution in [-0.2, 0) is 9.59 Å². The minimum absolute atomic E-state index is 0.0714. The van der Waals surface area contributed by atoms with Gasteiger partial charge in [0, 0.05) is 37.1 Å². The molecule has 10 heteroatoms. The number of fused-ring (bicyclic) bond motifs is 1. The first-order valence-electron chi connectivity index (χ1n) is 10.3. The first-order chi connectivity index (χ1) is 15.9. The number of aromatic nitrogens is 4. The molecule has 1 aromatic carbocycles. The summed E-state index contributed by atoms with van der Waals surface area (Å²) < 4.78 is 0. The van der Waals surface area contributed by atoms with Gasteiger partial charge in [-0.15, -0.1) is 0 Å². The predicted molar refractivity (Wildman–Crippen MR) is 128 cm³/mol. The second-order valence-electron chi connectivity index (χ2n) is 7.45. The third-order valence-electron chi connectivity index (χ3n) is 5.42. The van der Waals surface area contributed by atoms with Crippen molar-refractivity contribution in [2.24, 2.45) is 0 Å². The van der Waals surface area contributed by atoms with Crippen LogP contribution in [0, 0.1) is 6.92 Å². The Kier molecular flexibility index (Phi) is 6.32. The third-order valence-corrected chi connectivity index (χ3v) is 5.73. The number of piperazine rings is 1. The Morgan fingerprint density at radius 2 is 1.85 bits per heavy atom. The molecule has 9 nitrogen and oxygen atoms in total. The SMILES string of the molecule is C=CC(=O)Nc1cnc(C)c(-c2cc3ncnc(N4CCN(C(=O)C=C)CC4)c3cc2Cl)n1. The molecule has 1 saturated heterocycles. The maximum atomic E-state index is 11.9. The molecule has 0 saturated carbocycles. The Hall–Kier alpha value is -3.85. The first kappa shape index (κ1) is 22.3. The van der Waals surface area contributed by atoms with E-state index in [0.29, 0.717) is 59.5 Å². The van der Waals surface area contributed by atoms with Gasteiger partial charge in [0.05, 0.1) is 28.1 Å². The fraction of sp³-hybridized carbons (Fsp3) is 0.217. The lowest BCUT2D eigenvalue weighted by atomic mass is 10.1. The Balaban J connectivity index is 1.69. The molecule has 3 heterocycles. The highest BCUT2D eigenvalue weighted by Gasteiger charge is 2.23. The molecule has 0 spiro atoms. The number of rotatable bonds is 5. The molecule has 1 aliphatic rings. The summed E-state index contributed by atoms with van der Waals surface area (Å²) in [4.78, 5) is 45.2. The number of anilines is 2. The molecule has 2 amide bonds. The number of carbonyl (C=O) groups is 2. The Labute approximate surface area is 195 Å². The monoisotopic (exact) mass is 463 g/mol. The average molecular weight is 464 g/mol. The standard InChI is InChI=1S/C23H22ClN7O2/c1-4-20(32)28-19-12-25-14(3)22(29-19)15-11-18-16(10-17(15)24)23(27-13-26-18)31-8-6-30(7-9-31)21(33)5-2/h4-5,10-13H,1-2,6-9H2,3H3,(H,28,29,32). The van der Waals surface area contributed by atoms with Gasteiger partial charge in [-0.2, -0.15) is 0 Å². The van der Waals surface area contributed by atoms with Crippen LogP contribution in [0.2, 0.25) is 5.02 Å². The van der Waals surface area contributed by atoms with Gasteiger partial charge in [-0.3, -0.25) is 14.6 Å². The van der Waals surface area contributed by atoms with E-state index in [1.807, 2.05) is 19.1 Å². The summed E-state index contributed by atoms with van der Waals surface area (Å²) in [7, 11) is 0. The molecule has 1 fully saturated rings. The lowest BCUT2D eigenvalue weighted by molar-refractivity contribution is -0.126. The number of hydrogen-bond acceptors (Lipinski definition) is 7. The van der Waals surface area contributed by atoms with Gasteiger partial charge in [0.2, 0.25) is 11.8 Å². The highest BCUT2D eigenvalue weighted by molar-refractivity contribution is 6.34. The van der Waals surface area contributed by atoms with Crippen LogP contribution < -0.4 is 10.2 Å². The first-order valence-corrected chi connectivity index (χ1v) is 10.7. The lowest BCUT2D eigenvalue weighted by Gasteiger charge is -2.35. The Bertz CT molecular complexity index is 1270. The molecule has 0 bridgehead atoms. The molecule has 1 aliphatic heterocycles. The second-order valence-corrected chi connectivity index (χ2v) is 7.85. The zero-order valence-corrected chi connectivity index (χ0v) is 18.8. The van der Waals surface area contributed by atoms with Gasteiger partial charge in [-0.1, -0.05) is 24.8 Å². The minimum Gasteiger partial charge on any atom is -0.352 e. The van der Waals surface area contributed by atoms with Crippen LogP contribution in [0.4, 0.5) is 11.6 Å². The molecule has 0 atom stereocenters. The van der Waals surface area contributed by atoms with Crippen molar-refractivity contribution < 1.29 is 9.59 Å². The van der Waals surface area contributed by atoms with Crippen LogP contribution in [-0.4, -0.2) is 62.8 Å². The molecule has 0 aliphatic carbocycles. The maximum absolute atomic E-state index is 11.9. The van der Waals surface area contributed by atoms with E-state index in [9.17, 15) is 9.59 Å². The highest BCUT2D eigenvalue weighted by atomic mass is 35.5. The van der Waals surface area contributed by atoms with Crippen molar-refractivity contribution in [1.82, 2.24) is 24.8 Å². The number of amides is 2. The second kappa shape index (κ2) is 9.33. The average Bonchev–Trinajstić information content (AvgIpc) is 2.84. The van der Waals surface area contributed by atoms with Crippen molar-refractivity contribution in [3.05, 3.63) is 60.7 Å². The molecule has 168 valence electrons.